The largest absolute Gasteiger partial charge is 0.309 e. The van der Waals surface area contributed by atoms with Crippen molar-refractivity contribution in [1.82, 2.24) is 0 Å². The number of anilines is 3. The smallest absolute Gasteiger partial charge is 0.0726 e. The summed E-state index contributed by atoms with van der Waals surface area (Å²) in [5.74, 6) is 0. The van der Waals surface area contributed by atoms with E-state index in [4.69, 9.17) is 0 Å². The van der Waals surface area contributed by atoms with E-state index in [1.807, 2.05) is 0 Å². The Hall–Kier alpha value is -7.74. The van der Waals surface area contributed by atoms with Gasteiger partial charge in [-0.15, -0.1) is 0 Å². The second kappa shape index (κ2) is 15.1. The summed E-state index contributed by atoms with van der Waals surface area (Å²) in [6.45, 7) is 9.75. The van der Waals surface area contributed by atoms with E-state index in [0.717, 1.165) is 17.8 Å². The molecule has 1 nitrogen and oxygen atoms in total. The van der Waals surface area contributed by atoms with Gasteiger partial charge in [0, 0.05) is 16.6 Å². The van der Waals surface area contributed by atoms with Crippen molar-refractivity contribution < 1.29 is 0 Å². The van der Waals surface area contributed by atoms with E-state index >= 15 is 0 Å². The lowest BCUT2D eigenvalue weighted by Crippen LogP contribution is -2.33. The first-order chi connectivity index (χ1) is 33.2. The molecule has 3 aliphatic rings. The van der Waals surface area contributed by atoms with E-state index in [1.54, 1.807) is 0 Å². The summed E-state index contributed by atoms with van der Waals surface area (Å²) in [5.41, 5.74) is 24.0. The molecule has 0 amide bonds. The summed E-state index contributed by atoms with van der Waals surface area (Å²) in [5, 5.41) is 2.43. The summed E-state index contributed by atoms with van der Waals surface area (Å²) in [6, 6.07) is 84.7. The predicted molar refractivity (Wildman–Crippen MR) is 287 cm³/mol. The van der Waals surface area contributed by atoms with Crippen LogP contribution in [0.2, 0.25) is 0 Å². The third-order valence-electron chi connectivity index (χ3n) is 16.0. The minimum atomic E-state index is -0.492. The van der Waals surface area contributed by atoms with E-state index in [2.05, 4.69) is 257 Å². The number of hydrogen-bond acceptors (Lipinski definition) is 1. The lowest BCUT2D eigenvalue weighted by Gasteiger charge is -2.42. The van der Waals surface area contributed by atoms with Crippen molar-refractivity contribution in [2.24, 2.45) is 0 Å². The van der Waals surface area contributed by atoms with Crippen LogP contribution >= 0.6 is 0 Å². The number of fused-ring (bicyclic) bond motifs is 12. The highest BCUT2D eigenvalue weighted by atomic mass is 15.1. The molecule has 1 spiro atoms. The van der Waals surface area contributed by atoms with Crippen LogP contribution in [0.5, 0.6) is 0 Å². The van der Waals surface area contributed by atoms with Gasteiger partial charge >= 0.3 is 0 Å². The first-order valence-corrected chi connectivity index (χ1v) is 24.4. The molecule has 10 aromatic carbocycles. The van der Waals surface area contributed by atoms with E-state index in [-0.39, 0.29) is 10.8 Å². The monoisotopic (exact) mass is 871 g/mol. The van der Waals surface area contributed by atoms with Gasteiger partial charge in [-0.05, 0) is 143 Å². The molecule has 0 heterocycles. The van der Waals surface area contributed by atoms with E-state index in [9.17, 15) is 0 Å². The van der Waals surface area contributed by atoms with Crippen LogP contribution < -0.4 is 4.90 Å². The summed E-state index contributed by atoms with van der Waals surface area (Å²) < 4.78 is 0. The molecule has 326 valence electrons. The van der Waals surface area contributed by atoms with Gasteiger partial charge in [0.2, 0.25) is 0 Å². The van der Waals surface area contributed by atoms with Crippen LogP contribution in [0, 0.1) is 0 Å². The zero-order valence-electron chi connectivity index (χ0n) is 39.2. The van der Waals surface area contributed by atoms with Crippen LogP contribution in [-0.2, 0) is 16.2 Å². The van der Waals surface area contributed by atoms with Crippen LogP contribution in [0.4, 0.5) is 17.1 Å². The maximum absolute atomic E-state index is 2.59. The Kier molecular flexibility index (Phi) is 9.02. The van der Waals surface area contributed by atoms with Gasteiger partial charge < -0.3 is 4.90 Å². The Balaban J connectivity index is 1.09. The van der Waals surface area contributed by atoms with Gasteiger partial charge in [-0.25, -0.2) is 0 Å². The second-order valence-electron chi connectivity index (χ2n) is 20.7. The molecule has 0 radical (unpaired) electrons. The highest BCUT2D eigenvalue weighted by molar-refractivity contribution is 6.04. The molecular weight excluding hydrogens is 819 g/mol. The molecule has 0 unspecified atom stereocenters. The van der Waals surface area contributed by atoms with Gasteiger partial charge in [0.15, 0.2) is 0 Å². The predicted octanol–water partition coefficient (Wildman–Crippen LogP) is 18.0. The Morgan fingerprint density at radius 1 is 0.309 bits per heavy atom. The molecule has 0 saturated heterocycles. The summed E-state index contributed by atoms with van der Waals surface area (Å²) >= 11 is 0. The van der Waals surface area contributed by atoms with Gasteiger partial charge in [0.25, 0.3) is 0 Å². The molecule has 0 saturated carbocycles. The van der Waals surface area contributed by atoms with Crippen molar-refractivity contribution in [2.45, 2.75) is 56.8 Å². The fourth-order valence-corrected chi connectivity index (χ4v) is 12.4. The quantitative estimate of drug-likeness (QED) is 0.161. The van der Waals surface area contributed by atoms with Gasteiger partial charge in [-0.1, -0.05) is 222 Å². The fraction of sp³-hybridized carbons (Fsp3) is 0.134. The number of hydrogen-bond donors (Lipinski definition) is 0. The zero-order chi connectivity index (χ0) is 45.8. The van der Waals surface area contributed by atoms with Crippen molar-refractivity contribution in [1.29, 1.82) is 0 Å². The van der Waals surface area contributed by atoms with E-state index < -0.39 is 5.41 Å². The maximum Gasteiger partial charge on any atom is 0.0726 e. The average molecular weight is 872 g/mol. The lowest BCUT2D eigenvalue weighted by molar-refractivity contribution is 0.332. The van der Waals surface area contributed by atoms with Crippen molar-refractivity contribution in [3.05, 3.63) is 258 Å². The standard InChI is InChI=1S/C67H53N/c1-65(2)39-40-66(3,4)62-41-49(35-38-60(62)65)55-42-56-54-24-12-15-27-59(54)67(57-25-13-10-22-52(57)53-23-11-14-26-58(53)67)61(56)43-64(55)68(63-28-16-20-48-19-8-9-21-51(48)63)50-36-33-47(34-37-50)46-31-29-45(30-32-46)44-17-6-5-7-18-44/h5-38,41-43H,39-40H2,1-4H3. The third kappa shape index (κ3) is 6.01. The minimum absolute atomic E-state index is 0.0517. The zero-order valence-corrected chi connectivity index (χ0v) is 39.2. The molecule has 0 aromatic heterocycles. The molecule has 10 aromatic rings. The molecule has 0 N–H and O–H groups in total. The highest BCUT2D eigenvalue weighted by Gasteiger charge is 2.52. The highest BCUT2D eigenvalue weighted by Crippen LogP contribution is 2.64. The first kappa shape index (κ1) is 40.5. The molecule has 0 fully saturated rings. The van der Waals surface area contributed by atoms with Gasteiger partial charge in [-0.2, -0.15) is 0 Å². The van der Waals surface area contributed by atoms with Crippen LogP contribution in [0.25, 0.3) is 66.4 Å². The summed E-state index contributed by atoms with van der Waals surface area (Å²) in [4.78, 5) is 2.57. The minimum Gasteiger partial charge on any atom is -0.309 e. The molecule has 68 heavy (non-hydrogen) atoms. The summed E-state index contributed by atoms with van der Waals surface area (Å²) in [6.07, 6.45) is 2.34. The maximum atomic E-state index is 2.59. The van der Waals surface area contributed by atoms with Gasteiger partial charge in [-0.3, -0.25) is 0 Å². The Bertz CT molecular complexity index is 3560. The average Bonchev–Trinajstić information content (AvgIpc) is 3.85. The SMILES string of the molecule is CC1(C)CCC(C)(C)c2cc(-c3cc4c(cc3N(c3ccc(-c5ccc(-c6ccccc6)cc5)cc3)c3cccc5ccccc35)C3(c5ccccc5-c5ccccc53)c3ccccc3-4)ccc21. The van der Waals surface area contributed by atoms with Crippen molar-refractivity contribution in [2.75, 3.05) is 4.90 Å². The fourth-order valence-electron chi connectivity index (χ4n) is 12.4. The molecule has 3 aliphatic carbocycles. The van der Waals surface area contributed by atoms with Crippen LogP contribution in [0.1, 0.15) is 73.9 Å². The second-order valence-corrected chi connectivity index (χ2v) is 20.7. The molecule has 1 heteroatoms. The molecule has 0 atom stereocenters. The van der Waals surface area contributed by atoms with E-state index in [0.29, 0.717) is 0 Å². The Morgan fingerprint density at radius 2 is 0.794 bits per heavy atom. The number of benzene rings is 10. The molecular formula is C67H53N. The van der Waals surface area contributed by atoms with Crippen LogP contribution in [0.3, 0.4) is 0 Å². The number of rotatable bonds is 6. The van der Waals surface area contributed by atoms with Crippen molar-refractivity contribution in [3.63, 3.8) is 0 Å². The van der Waals surface area contributed by atoms with Gasteiger partial charge in [0.1, 0.15) is 0 Å². The van der Waals surface area contributed by atoms with E-state index in [1.165, 1.54) is 112 Å². The molecule has 0 bridgehead atoms. The van der Waals surface area contributed by atoms with Crippen LogP contribution in [-0.4, -0.2) is 0 Å². The first-order valence-electron chi connectivity index (χ1n) is 24.4. The van der Waals surface area contributed by atoms with Crippen molar-refractivity contribution >= 4 is 27.8 Å². The Morgan fingerprint density at radius 3 is 1.43 bits per heavy atom. The Labute approximate surface area is 401 Å². The summed E-state index contributed by atoms with van der Waals surface area (Å²) in [7, 11) is 0. The third-order valence-corrected chi connectivity index (χ3v) is 16.0. The molecule has 0 aliphatic heterocycles. The number of nitrogens with zero attached hydrogens (tertiary/aromatic N) is 1. The van der Waals surface area contributed by atoms with Crippen molar-refractivity contribution in [3.8, 4) is 55.6 Å². The topological polar surface area (TPSA) is 3.24 Å². The normalized spacial score (nSPS) is 15.3. The lowest BCUT2D eigenvalue weighted by atomic mass is 9.63. The van der Waals surface area contributed by atoms with Crippen LogP contribution in [0.15, 0.2) is 224 Å². The molecule has 13 rings (SSSR count). The van der Waals surface area contributed by atoms with Gasteiger partial charge in [0.05, 0.1) is 16.8 Å².